The fourth-order valence-corrected chi connectivity index (χ4v) is 10.9. The molecule has 0 aliphatic rings. The smallest absolute Gasteiger partial charge is 0.130 e. The second kappa shape index (κ2) is 16.0. The van der Waals surface area contributed by atoms with Crippen molar-refractivity contribution in [1.29, 1.82) is 0 Å². The first-order chi connectivity index (χ1) is 26.6. The number of hydrogen-bond acceptors (Lipinski definition) is 2. The molecule has 0 amide bonds. The van der Waals surface area contributed by atoms with Gasteiger partial charge in [0, 0.05) is 11.8 Å². The van der Waals surface area contributed by atoms with Crippen LogP contribution in [0.15, 0.2) is 182 Å². The van der Waals surface area contributed by atoms with E-state index in [0.717, 1.165) is 11.1 Å². The molecule has 0 aliphatic heterocycles. The van der Waals surface area contributed by atoms with Gasteiger partial charge in [-0.05, 0) is 68.9 Å². The third-order valence-corrected chi connectivity index (χ3v) is 13.1. The third kappa shape index (κ3) is 7.67. The first-order valence-electron chi connectivity index (χ1n) is 20.3. The van der Waals surface area contributed by atoms with Gasteiger partial charge in [0.05, 0.1) is 0 Å². The normalized spacial score (nSPS) is 15.0. The standard InChI is InChI=1S/C54H62O2/c1-49(2,41-29-17-11-18-30-41)47(50(3,4)42-31-19-12-20-32-42)53(9,45-37-25-15-26-38-45)55-56-54(10,46-39-27-16-28-40-46)48(51(5,6)43-33-21-13-22-34-43)52(7,8)44-35-23-14-24-36-44/h11-40,47-48H,1-10H3. The Morgan fingerprint density at radius 2 is 0.411 bits per heavy atom. The van der Waals surface area contributed by atoms with Gasteiger partial charge in [-0.15, -0.1) is 0 Å². The van der Waals surface area contributed by atoms with E-state index in [9.17, 15) is 0 Å². The van der Waals surface area contributed by atoms with Gasteiger partial charge in [-0.25, -0.2) is 9.78 Å². The summed E-state index contributed by atoms with van der Waals surface area (Å²) in [6.07, 6.45) is 0. The van der Waals surface area contributed by atoms with Crippen LogP contribution in [0, 0.1) is 11.8 Å². The monoisotopic (exact) mass is 742 g/mol. The van der Waals surface area contributed by atoms with E-state index in [0.29, 0.717) is 0 Å². The van der Waals surface area contributed by atoms with Gasteiger partial charge in [0.1, 0.15) is 11.2 Å². The maximum Gasteiger partial charge on any atom is 0.130 e. The Morgan fingerprint density at radius 1 is 0.250 bits per heavy atom. The molecule has 0 saturated carbocycles. The molecule has 0 radical (unpaired) electrons. The lowest BCUT2D eigenvalue weighted by Gasteiger charge is -2.56. The molecule has 6 rings (SSSR count). The van der Waals surface area contributed by atoms with Gasteiger partial charge >= 0.3 is 0 Å². The Labute approximate surface area is 337 Å². The van der Waals surface area contributed by atoms with Crippen molar-refractivity contribution in [1.82, 2.24) is 0 Å². The Morgan fingerprint density at radius 3 is 0.589 bits per heavy atom. The molecule has 290 valence electrons. The highest BCUT2D eigenvalue weighted by Gasteiger charge is 2.59. The van der Waals surface area contributed by atoms with E-state index in [1.165, 1.54) is 22.3 Å². The van der Waals surface area contributed by atoms with Crippen LogP contribution >= 0.6 is 0 Å². The van der Waals surface area contributed by atoms with Gasteiger partial charge in [0.25, 0.3) is 0 Å². The van der Waals surface area contributed by atoms with E-state index >= 15 is 0 Å². The molecule has 0 N–H and O–H groups in total. The molecule has 0 bridgehead atoms. The molecule has 2 heteroatoms. The van der Waals surface area contributed by atoms with E-state index in [-0.39, 0.29) is 33.5 Å². The van der Waals surface area contributed by atoms with Gasteiger partial charge in [-0.2, -0.15) is 0 Å². The zero-order valence-electron chi connectivity index (χ0n) is 35.3. The van der Waals surface area contributed by atoms with Crippen molar-refractivity contribution in [3.05, 3.63) is 215 Å². The minimum absolute atomic E-state index is 0.127. The Hall–Kier alpha value is -4.76. The van der Waals surface area contributed by atoms with Gasteiger partial charge in [0.15, 0.2) is 0 Å². The van der Waals surface area contributed by atoms with Crippen LogP contribution in [0.5, 0.6) is 0 Å². The third-order valence-electron chi connectivity index (χ3n) is 13.1. The van der Waals surface area contributed by atoms with Crippen molar-refractivity contribution >= 4 is 0 Å². The minimum atomic E-state index is -0.950. The van der Waals surface area contributed by atoms with Crippen LogP contribution in [-0.2, 0) is 42.6 Å². The predicted octanol–water partition coefficient (Wildman–Crippen LogP) is 13.9. The van der Waals surface area contributed by atoms with Crippen LogP contribution < -0.4 is 0 Å². The fraction of sp³-hybridized carbons (Fsp3) is 0.333. The zero-order chi connectivity index (χ0) is 40.2. The van der Waals surface area contributed by atoms with E-state index in [4.69, 9.17) is 9.78 Å². The van der Waals surface area contributed by atoms with Crippen LogP contribution in [0.2, 0.25) is 0 Å². The van der Waals surface area contributed by atoms with E-state index in [1.54, 1.807) is 0 Å². The summed E-state index contributed by atoms with van der Waals surface area (Å²) < 4.78 is 0. The van der Waals surface area contributed by atoms with E-state index < -0.39 is 11.2 Å². The Balaban J connectivity index is 1.62. The summed E-state index contributed by atoms with van der Waals surface area (Å²) in [5.74, 6) is -0.255. The van der Waals surface area contributed by atoms with Crippen molar-refractivity contribution < 1.29 is 9.78 Å². The van der Waals surface area contributed by atoms with Crippen LogP contribution in [0.3, 0.4) is 0 Å². The molecule has 2 atom stereocenters. The van der Waals surface area contributed by atoms with Crippen LogP contribution in [0.4, 0.5) is 0 Å². The first kappa shape index (κ1) is 40.9. The SMILES string of the molecule is CC(C)(c1ccccc1)C(C(C)(C)c1ccccc1)C(C)(OOC(C)(c1ccccc1)C(C(C)(C)c1ccccc1)C(C)(C)c1ccccc1)c1ccccc1. The number of rotatable bonds is 15. The first-order valence-corrected chi connectivity index (χ1v) is 20.3. The molecular weight excluding hydrogens is 681 g/mol. The highest BCUT2D eigenvalue weighted by molar-refractivity contribution is 5.39. The highest BCUT2D eigenvalue weighted by Crippen LogP contribution is 2.58. The van der Waals surface area contributed by atoms with Crippen LogP contribution in [0.25, 0.3) is 0 Å². The van der Waals surface area contributed by atoms with Crippen molar-refractivity contribution in [2.24, 2.45) is 11.8 Å². The summed E-state index contributed by atoms with van der Waals surface area (Å²) in [5.41, 5.74) is 3.68. The second-order valence-electron chi connectivity index (χ2n) is 18.3. The second-order valence-corrected chi connectivity index (χ2v) is 18.3. The summed E-state index contributed by atoms with van der Waals surface area (Å²) >= 11 is 0. The largest absolute Gasteiger partial charge is 0.224 e. The summed E-state index contributed by atoms with van der Waals surface area (Å²) in [5, 5.41) is 0. The van der Waals surface area contributed by atoms with Crippen molar-refractivity contribution in [2.45, 2.75) is 102 Å². The van der Waals surface area contributed by atoms with Crippen molar-refractivity contribution in [2.75, 3.05) is 0 Å². The average Bonchev–Trinajstić information content (AvgIpc) is 3.22. The molecule has 0 aromatic heterocycles. The molecule has 6 aromatic carbocycles. The molecule has 56 heavy (non-hydrogen) atoms. The number of benzene rings is 6. The summed E-state index contributed by atoms with van der Waals surface area (Å²) in [4.78, 5) is 15.1. The van der Waals surface area contributed by atoms with Crippen LogP contribution in [0.1, 0.15) is 103 Å². The molecule has 2 nitrogen and oxygen atoms in total. The lowest BCUT2D eigenvalue weighted by atomic mass is 9.53. The molecule has 0 saturated heterocycles. The summed E-state index contributed by atoms with van der Waals surface area (Å²) in [6, 6.07) is 65.1. The van der Waals surface area contributed by atoms with E-state index in [2.05, 4.69) is 251 Å². The topological polar surface area (TPSA) is 18.5 Å². The molecule has 2 unspecified atom stereocenters. The zero-order valence-corrected chi connectivity index (χ0v) is 35.3. The molecule has 0 aliphatic carbocycles. The number of hydrogen-bond donors (Lipinski definition) is 0. The van der Waals surface area contributed by atoms with Crippen LogP contribution in [-0.4, -0.2) is 0 Å². The average molecular weight is 743 g/mol. The quantitative estimate of drug-likeness (QED) is 0.0770. The maximum atomic E-state index is 7.56. The molecule has 0 heterocycles. The minimum Gasteiger partial charge on any atom is -0.224 e. The van der Waals surface area contributed by atoms with Gasteiger partial charge < -0.3 is 0 Å². The molecule has 6 aromatic rings. The Kier molecular flexibility index (Phi) is 11.7. The van der Waals surface area contributed by atoms with Gasteiger partial charge in [-0.1, -0.05) is 237 Å². The molecule has 0 fully saturated rings. The molecular formula is C54H62O2. The predicted molar refractivity (Wildman–Crippen MR) is 235 cm³/mol. The molecule has 0 spiro atoms. The Bertz CT molecular complexity index is 1850. The van der Waals surface area contributed by atoms with Gasteiger partial charge in [0.2, 0.25) is 0 Å². The maximum absolute atomic E-state index is 7.56. The van der Waals surface area contributed by atoms with Crippen molar-refractivity contribution in [3.63, 3.8) is 0 Å². The van der Waals surface area contributed by atoms with E-state index in [1.807, 2.05) is 0 Å². The lowest BCUT2D eigenvalue weighted by molar-refractivity contribution is -0.446. The van der Waals surface area contributed by atoms with Gasteiger partial charge in [-0.3, -0.25) is 0 Å². The van der Waals surface area contributed by atoms with Crippen molar-refractivity contribution in [3.8, 4) is 0 Å². The fourth-order valence-electron chi connectivity index (χ4n) is 10.9. The highest BCUT2D eigenvalue weighted by atomic mass is 17.2. The summed E-state index contributed by atoms with van der Waals surface area (Å²) in [6.45, 7) is 23.5. The lowest BCUT2D eigenvalue weighted by Crippen LogP contribution is -2.57. The summed E-state index contributed by atoms with van der Waals surface area (Å²) in [7, 11) is 0.